The average molecular weight is 428 g/mol. The van der Waals surface area contributed by atoms with Gasteiger partial charge in [-0.25, -0.2) is 0 Å². The SMILES string of the molecule is O=C(CCN1CCC(=C2c3ccccc3C=Cc3ccccc32)CC1)OC1CCCCC1. The van der Waals surface area contributed by atoms with Gasteiger partial charge in [0.05, 0.1) is 6.42 Å². The molecule has 0 bridgehead atoms. The lowest BCUT2D eigenvalue weighted by molar-refractivity contribution is -0.150. The predicted octanol–water partition coefficient (Wildman–Crippen LogP) is 6.33. The third-order valence-corrected chi connectivity index (χ3v) is 7.20. The van der Waals surface area contributed by atoms with Crippen LogP contribution in [0.3, 0.4) is 0 Å². The molecular weight excluding hydrogens is 394 g/mol. The standard InChI is InChI=1S/C29H33NO2/c31-28(32-25-10-2-1-3-11-25)18-21-30-19-16-24(17-20-30)29-26-12-6-4-8-22(26)14-15-23-9-5-7-13-27(23)29/h4-9,12-15,25H,1-3,10-11,16-21H2. The molecule has 5 rings (SSSR count). The Labute approximate surface area is 191 Å². The molecule has 3 heteroatoms. The maximum absolute atomic E-state index is 12.3. The summed E-state index contributed by atoms with van der Waals surface area (Å²) < 4.78 is 5.71. The number of fused-ring (bicyclic) bond motifs is 2. The van der Waals surface area contributed by atoms with Gasteiger partial charge in [0.15, 0.2) is 0 Å². The predicted molar refractivity (Wildman–Crippen MR) is 131 cm³/mol. The Morgan fingerprint density at radius 2 is 1.44 bits per heavy atom. The van der Waals surface area contributed by atoms with E-state index in [9.17, 15) is 4.79 Å². The molecule has 166 valence electrons. The molecule has 1 aliphatic heterocycles. The van der Waals surface area contributed by atoms with Gasteiger partial charge >= 0.3 is 5.97 Å². The number of nitrogens with zero attached hydrogens (tertiary/aromatic N) is 1. The van der Waals surface area contributed by atoms with Gasteiger partial charge in [-0.2, -0.15) is 0 Å². The van der Waals surface area contributed by atoms with Crippen LogP contribution < -0.4 is 0 Å². The zero-order chi connectivity index (χ0) is 21.8. The number of carbonyl (C=O) groups excluding carboxylic acids is 1. The van der Waals surface area contributed by atoms with E-state index in [0.29, 0.717) is 6.42 Å². The number of hydrogen-bond acceptors (Lipinski definition) is 3. The number of hydrogen-bond donors (Lipinski definition) is 0. The minimum Gasteiger partial charge on any atom is -0.462 e. The summed E-state index contributed by atoms with van der Waals surface area (Å²) in [5.41, 5.74) is 8.21. The number of rotatable bonds is 4. The van der Waals surface area contributed by atoms with Crippen LogP contribution in [0.4, 0.5) is 0 Å². The molecule has 0 unspecified atom stereocenters. The fourth-order valence-corrected chi connectivity index (χ4v) is 5.42. The van der Waals surface area contributed by atoms with Crippen molar-refractivity contribution in [2.24, 2.45) is 0 Å². The summed E-state index contributed by atoms with van der Waals surface area (Å²) in [5, 5.41) is 0. The van der Waals surface area contributed by atoms with Crippen LogP contribution in [-0.2, 0) is 9.53 Å². The molecule has 32 heavy (non-hydrogen) atoms. The van der Waals surface area contributed by atoms with E-state index in [1.165, 1.54) is 52.7 Å². The Hall–Kier alpha value is -2.65. The van der Waals surface area contributed by atoms with Crippen LogP contribution in [0.25, 0.3) is 17.7 Å². The minimum atomic E-state index is -0.0150. The number of piperidine rings is 1. The molecule has 2 aromatic carbocycles. The first-order chi connectivity index (χ1) is 15.8. The monoisotopic (exact) mass is 427 g/mol. The molecule has 0 aromatic heterocycles. The van der Waals surface area contributed by atoms with Crippen LogP contribution in [-0.4, -0.2) is 36.6 Å². The second-order valence-electron chi connectivity index (χ2n) is 9.33. The van der Waals surface area contributed by atoms with Gasteiger partial charge in [0.1, 0.15) is 6.10 Å². The molecule has 1 saturated carbocycles. The summed E-state index contributed by atoms with van der Waals surface area (Å²) in [5.74, 6) is -0.0150. The summed E-state index contributed by atoms with van der Waals surface area (Å²) >= 11 is 0. The average Bonchev–Trinajstić information content (AvgIpc) is 3.01. The van der Waals surface area contributed by atoms with Gasteiger partial charge in [-0.3, -0.25) is 4.79 Å². The first-order valence-electron chi connectivity index (χ1n) is 12.3. The van der Waals surface area contributed by atoms with Crippen molar-refractivity contribution in [3.05, 3.63) is 76.4 Å². The quantitative estimate of drug-likeness (QED) is 0.455. The van der Waals surface area contributed by atoms with Crippen LogP contribution in [0, 0.1) is 0 Å². The molecule has 3 nitrogen and oxygen atoms in total. The minimum absolute atomic E-state index is 0.0150. The van der Waals surface area contributed by atoms with E-state index in [1.807, 2.05) is 0 Å². The normalized spacial score (nSPS) is 19.2. The van der Waals surface area contributed by atoms with Gasteiger partial charge in [-0.15, -0.1) is 0 Å². The topological polar surface area (TPSA) is 29.5 Å². The molecule has 0 spiro atoms. The van der Waals surface area contributed by atoms with E-state index in [4.69, 9.17) is 4.74 Å². The van der Waals surface area contributed by atoms with Crippen LogP contribution in [0.15, 0.2) is 54.1 Å². The van der Waals surface area contributed by atoms with Crippen molar-refractivity contribution < 1.29 is 9.53 Å². The van der Waals surface area contributed by atoms with Gasteiger partial charge in [-0.1, -0.05) is 72.7 Å². The number of benzene rings is 2. The first kappa shape index (κ1) is 21.2. The number of ether oxygens (including phenoxy) is 1. The molecule has 2 aromatic rings. The van der Waals surface area contributed by atoms with Gasteiger partial charge in [0, 0.05) is 19.6 Å². The van der Waals surface area contributed by atoms with Crippen molar-refractivity contribution in [3.8, 4) is 0 Å². The molecule has 0 atom stereocenters. The molecule has 0 radical (unpaired) electrons. The molecule has 3 aliphatic rings. The van der Waals surface area contributed by atoms with E-state index in [-0.39, 0.29) is 12.1 Å². The highest BCUT2D eigenvalue weighted by Crippen LogP contribution is 2.38. The van der Waals surface area contributed by atoms with Crippen molar-refractivity contribution in [3.63, 3.8) is 0 Å². The van der Waals surface area contributed by atoms with E-state index in [1.54, 1.807) is 0 Å². The molecule has 2 fully saturated rings. The van der Waals surface area contributed by atoms with Crippen molar-refractivity contribution >= 4 is 23.7 Å². The van der Waals surface area contributed by atoms with Crippen LogP contribution >= 0.6 is 0 Å². The van der Waals surface area contributed by atoms with Gasteiger partial charge in [0.2, 0.25) is 0 Å². The summed E-state index contributed by atoms with van der Waals surface area (Å²) in [6.45, 7) is 2.82. The lowest BCUT2D eigenvalue weighted by Crippen LogP contribution is -2.33. The fourth-order valence-electron chi connectivity index (χ4n) is 5.42. The lowest BCUT2D eigenvalue weighted by Gasteiger charge is -2.30. The summed E-state index contributed by atoms with van der Waals surface area (Å²) in [6, 6.07) is 17.5. The maximum Gasteiger partial charge on any atom is 0.307 e. The van der Waals surface area contributed by atoms with Gasteiger partial charge in [0.25, 0.3) is 0 Å². The second-order valence-corrected chi connectivity index (χ2v) is 9.33. The van der Waals surface area contributed by atoms with Crippen molar-refractivity contribution in [2.75, 3.05) is 19.6 Å². The Kier molecular flexibility index (Phi) is 6.54. The third kappa shape index (κ3) is 4.73. The highest BCUT2D eigenvalue weighted by Gasteiger charge is 2.23. The Balaban J connectivity index is 1.27. The smallest absolute Gasteiger partial charge is 0.307 e. The Morgan fingerprint density at radius 3 is 2.06 bits per heavy atom. The number of esters is 1. The first-order valence-corrected chi connectivity index (χ1v) is 12.3. The van der Waals surface area contributed by atoms with Crippen molar-refractivity contribution in [2.45, 2.75) is 57.5 Å². The third-order valence-electron chi connectivity index (χ3n) is 7.20. The Bertz CT molecular complexity index is 967. The summed E-state index contributed by atoms with van der Waals surface area (Å²) in [7, 11) is 0. The summed E-state index contributed by atoms with van der Waals surface area (Å²) in [6.07, 6.45) is 13.0. The van der Waals surface area contributed by atoms with Gasteiger partial charge in [-0.05, 0) is 66.4 Å². The largest absolute Gasteiger partial charge is 0.462 e. The van der Waals surface area contributed by atoms with Crippen LogP contribution in [0.1, 0.15) is 73.6 Å². The highest BCUT2D eigenvalue weighted by molar-refractivity contribution is 5.94. The van der Waals surface area contributed by atoms with E-state index in [0.717, 1.165) is 45.3 Å². The molecular formula is C29H33NO2. The Morgan fingerprint density at radius 1 is 0.844 bits per heavy atom. The molecule has 0 N–H and O–H groups in total. The fraction of sp³-hybridized carbons (Fsp3) is 0.414. The number of carbonyl (C=O) groups is 1. The zero-order valence-electron chi connectivity index (χ0n) is 18.9. The van der Waals surface area contributed by atoms with E-state index in [2.05, 4.69) is 65.6 Å². The molecule has 0 amide bonds. The van der Waals surface area contributed by atoms with E-state index < -0.39 is 0 Å². The van der Waals surface area contributed by atoms with Crippen molar-refractivity contribution in [1.29, 1.82) is 0 Å². The maximum atomic E-state index is 12.3. The second kappa shape index (κ2) is 9.87. The zero-order valence-corrected chi connectivity index (χ0v) is 18.9. The van der Waals surface area contributed by atoms with Crippen LogP contribution in [0.2, 0.25) is 0 Å². The summed E-state index contributed by atoms with van der Waals surface area (Å²) in [4.78, 5) is 14.7. The molecule has 2 aliphatic carbocycles. The highest BCUT2D eigenvalue weighted by atomic mass is 16.5. The molecule has 1 heterocycles. The number of likely N-dealkylation sites (tertiary alicyclic amines) is 1. The van der Waals surface area contributed by atoms with Crippen molar-refractivity contribution in [1.82, 2.24) is 4.90 Å². The molecule has 1 saturated heterocycles. The lowest BCUT2D eigenvalue weighted by atomic mass is 9.86. The van der Waals surface area contributed by atoms with E-state index >= 15 is 0 Å². The van der Waals surface area contributed by atoms with Crippen LogP contribution in [0.5, 0.6) is 0 Å². The van der Waals surface area contributed by atoms with Gasteiger partial charge < -0.3 is 9.64 Å².